The van der Waals surface area contributed by atoms with Crippen LogP contribution < -0.4 is 20.1 Å². The number of nitrogens with one attached hydrogen (secondary N) is 4. The molecule has 0 aliphatic carbocycles. The van der Waals surface area contributed by atoms with Gasteiger partial charge in [-0.1, -0.05) is 48.0 Å². The number of hydrogen-bond acceptors (Lipinski definition) is 6. The summed E-state index contributed by atoms with van der Waals surface area (Å²) in [5.74, 6) is -0.757. The minimum Gasteiger partial charge on any atom is -0.494 e. The van der Waals surface area contributed by atoms with Gasteiger partial charge in [-0.25, -0.2) is 13.1 Å². The Kier molecular flexibility index (Phi) is 8.74. The number of aryl methyl sites for hydroxylation is 3. The molecule has 2 heterocycles. The number of rotatable bonds is 11. The molecule has 4 N–H and O–H groups in total. The van der Waals surface area contributed by atoms with Gasteiger partial charge in [0, 0.05) is 34.6 Å². The Morgan fingerprint density at radius 1 is 1.05 bits per heavy atom. The SMILES string of the molecule is Cc1cc(OCCCc2c(C(=O)NS(=O)(=O)CCNC(=O)C3Cc4ccccc4N3)[nH]c3ccccc23)cc(C)c1Cl. The van der Waals surface area contributed by atoms with Gasteiger partial charge >= 0.3 is 0 Å². The van der Waals surface area contributed by atoms with Crippen molar-refractivity contribution in [2.75, 3.05) is 24.2 Å². The van der Waals surface area contributed by atoms with E-state index in [-0.39, 0.29) is 18.1 Å². The van der Waals surface area contributed by atoms with Crippen molar-refractivity contribution in [2.24, 2.45) is 0 Å². The summed E-state index contributed by atoms with van der Waals surface area (Å²) in [5, 5.41) is 7.36. The summed E-state index contributed by atoms with van der Waals surface area (Å²) in [6, 6.07) is 18.4. The molecule has 1 aliphatic rings. The minimum atomic E-state index is -4.02. The van der Waals surface area contributed by atoms with Gasteiger partial charge in [0.1, 0.15) is 17.5 Å². The molecule has 0 bridgehead atoms. The molecular weight excluding hydrogens is 576 g/mol. The number of sulfonamides is 1. The molecule has 5 rings (SSSR count). The highest BCUT2D eigenvalue weighted by atomic mass is 35.5. The number of carbonyl (C=O) groups is 2. The van der Waals surface area contributed by atoms with Crippen LogP contribution in [0.4, 0.5) is 5.69 Å². The number of amides is 2. The molecule has 4 aromatic rings. The topological polar surface area (TPSA) is 129 Å². The lowest BCUT2D eigenvalue weighted by Crippen LogP contribution is -2.42. The highest BCUT2D eigenvalue weighted by molar-refractivity contribution is 7.90. The van der Waals surface area contributed by atoms with E-state index in [1.165, 1.54) is 0 Å². The molecule has 220 valence electrons. The van der Waals surface area contributed by atoms with Crippen molar-refractivity contribution in [1.29, 1.82) is 0 Å². The summed E-state index contributed by atoms with van der Waals surface area (Å²) in [4.78, 5) is 28.8. The second-order valence-electron chi connectivity index (χ2n) is 10.4. The van der Waals surface area contributed by atoms with Crippen LogP contribution in [0.2, 0.25) is 5.02 Å². The van der Waals surface area contributed by atoms with Gasteiger partial charge in [0.25, 0.3) is 5.91 Å². The lowest BCUT2D eigenvalue weighted by Gasteiger charge is -2.13. The maximum Gasteiger partial charge on any atom is 0.281 e. The van der Waals surface area contributed by atoms with Crippen LogP contribution in [0.5, 0.6) is 5.75 Å². The number of para-hydroxylation sites is 2. The lowest BCUT2D eigenvalue weighted by molar-refractivity contribution is -0.121. The number of aromatic amines is 1. The normalized spacial score (nSPS) is 14.3. The van der Waals surface area contributed by atoms with Gasteiger partial charge in [0.05, 0.1) is 12.4 Å². The molecule has 11 heteroatoms. The molecule has 9 nitrogen and oxygen atoms in total. The van der Waals surface area contributed by atoms with E-state index in [2.05, 4.69) is 20.3 Å². The Bertz CT molecular complexity index is 1700. The van der Waals surface area contributed by atoms with Gasteiger partial charge < -0.3 is 20.4 Å². The smallest absolute Gasteiger partial charge is 0.281 e. The quantitative estimate of drug-likeness (QED) is 0.183. The van der Waals surface area contributed by atoms with E-state index >= 15 is 0 Å². The van der Waals surface area contributed by atoms with E-state index in [1.54, 1.807) is 0 Å². The lowest BCUT2D eigenvalue weighted by atomic mass is 10.1. The number of ether oxygens (including phenoxy) is 1. The Morgan fingerprint density at radius 3 is 2.52 bits per heavy atom. The molecule has 0 fully saturated rings. The molecule has 3 aromatic carbocycles. The summed E-state index contributed by atoms with van der Waals surface area (Å²) in [6.07, 6.45) is 1.62. The number of halogens is 1. The van der Waals surface area contributed by atoms with Crippen LogP contribution in [0.15, 0.2) is 60.7 Å². The zero-order valence-corrected chi connectivity index (χ0v) is 25.0. The van der Waals surface area contributed by atoms with Crippen molar-refractivity contribution in [3.05, 3.63) is 93.6 Å². The number of H-pyrrole nitrogens is 1. The molecule has 1 atom stereocenters. The summed E-state index contributed by atoms with van der Waals surface area (Å²) in [7, 11) is -4.02. The standard InChI is InChI=1S/C31H33ClN4O5S/c1-19-16-22(17-20(2)28(19)32)41-14-7-10-24-23-9-4-6-12-26(23)35-29(24)31(38)36-42(39,40)15-13-33-30(37)27-18-21-8-3-5-11-25(21)34-27/h3-6,8-9,11-12,16-17,27,34-35H,7,10,13-15,18H2,1-2H3,(H,33,37)(H,36,38). The van der Waals surface area contributed by atoms with E-state index in [0.29, 0.717) is 36.5 Å². The van der Waals surface area contributed by atoms with Gasteiger partial charge in [0.2, 0.25) is 15.9 Å². The molecule has 1 aromatic heterocycles. The molecule has 0 radical (unpaired) electrons. The fraction of sp³-hybridized carbons (Fsp3) is 0.290. The average molecular weight is 609 g/mol. The number of anilines is 1. The summed E-state index contributed by atoms with van der Waals surface area (Å²) < 4.78 is 33.6. The maximum absolute atomic E-state index is 13.2. The fourth-order valence-electron chi connectivity index (χ4n) is 5.21. The van der Waals surface area contributed by atoms with Crippen molar-refractivity contribution >= 4 is 50.0 Å². The van der Waals surface area contributed by atoms with Crippen LogP contribution in [0, 0.1) is 13.8 Å². The van der Waals surface area contributed by atoms with Crippen LogP contribution in [0.3, 0.4) is 0 Å². The minimum absolute atomic E-state index is 0.128. The van der Waals surface area contributed by atoms with Gasteiger partial charge in [0.15, 0.2) is 0 Å². The third-order valence-electron chi connectivity index (χ3n) is 7.30. The van der Waals surface area contributed by atoms with Crippen molar-refractivity contribution in [3.63, 3.8) is 0 Å². The van der Waals surface area contributed by atoms with Crippen molar-refractivity contribution < 1.29 is 22.7 Å². The van der Waals surface area contributed by atoms with E-state index in [4.69, 9.17) is 16.3 Å². The van der Waals surface area contributed by atoms with E-state index in [9.17, 15) is 18.0 Å². The first-order valence-electron chi connectivity index (χ1n) is 13.8. The van der Waals surface area contributed by atoms with Gasteiger partial charge in [-0.05, 0) is 73.2 Å². The van der Waals surface area contributed by atoms with Crippen molar-refractivity contribution in [3.8, 4) is 5.75 Å². The highest BCUT2D eigenvalue weighted by Gasteiger charge is 2.27. The first-order valence-corrected chi connectivity index (χ1v) is 15.8. The first-order chi connectivity index (χ1) is 20.1. The van der Waals surface area contributed by atoms with Crippen molar-refractivity contribution in [1.82, 2.24) is 15.0 Å². The Hall–Kier alpha value is -4.02. The predicted molar refractivity (Wildman–Crippen MR) is 165 cm³/mol. The second-order valence-corrected chi connectivity index (χ2v) is 12.7. The van der Waals surface area contributed by atoms with E-state index < -0.39 is 27.7 Å². The highest BCUT2D eigenvalue weighted by Crippen LogP contribution is 2.28. The van der Waals surface area contributed by atoms with E-state index in [0.717, 1.165) is 39.0 Å². The Balaban J connectivity index is 1.18. The van der Waals surface area contributed by atoms with Crippen molar-refractivity contribution in [2.45, 2.75) is 39.2 Å². The van der Waals surface area contributed by atoms with Crippen LogP contribution in [0.25, 0.3) is 10.9 Å². The molecule has 42 heavy (non-hydrogen) atoms. The summed E-state index contributed by atoms with van der Waals surface area (Å²) >= 11 is 6.25. The third kappa shape index (κ3) is 6.71. The molecule has 2 amide bonds. The average Bonchev–Trinajstić information content (AvgIpc) is 3.56. The fourth-order valence-corrected chi connectivity index (χ4v) is 6.18. The predicted octanol–water partition coefficient (Wildman–Crippen LogP) is 4.66. The summed E-state index contributed by atoms with van der Waals surface area (Å²) in [5.41, 5.74) is 5.44. The van der Waals surface area contributed by atoms with Gasteiger partial charge in [-0.15, -0.1) is 0 Å². The molecule has 0 spiro atoms. The largest absolute Gasteiger partial charge is 0.494 e. The number of hydrogen-bond donors (Lipinski definition) is 4. The molecular formula is C31H33ClN4O5S. The number of aromatic nitrogens is 1. The molecule has 1 unspecified atom stereocenters. The van der Waals surface area contributed by atoms with E-state index in [1.807, 2.05) is 74.5 Å². The monoisotopic (exact) mass is 608 g/mol. The van der Waals surface area contributed by atoms with Crippen LogP contribution in [0.1, 0.15) is 39.2 Å². The number of benzene rings is 3. The zero-order valence-electron chi connectivity index (χ0n) is 23.4. The van der Waals surface area contributed by atoms with Gasteiger partial charge in [-0.2, -0.15) is 0 Å². The molecule has 1 aliphatic heterocycles. The summed E-state index contributed by atoms with van der Waals surface area (Å²) in [6.45, 7) is 4.12. The van der Waals surface area contributed by atoms with Crippen LogP contribution >= 0.6 is 11.6 Å². The Morgan fingerprint density at radius 2 is 1.76 bits per heavy atom. The number of fused-ring (bicyclic) bond motifs is 2. The second kappa shape index (κ2) is 12.5. The van der Waals surface area contributed by atoms with Crippen LogP contribution in [-0.4, -0.2) is 50.2 Å². The van der Waals surface area contributed by atoms with Gasteiger partial charge in [-0.3, -0.25) is 9.59 Å². The third-order valence-corrected chi connectivity index (χ3v) is 9.13. The molecule has 0 saturated carbocycles. The van der Waals surface area contributed by atoms with Crippen LogP contribution in [-0.2, 0) is 27.7 Å². The number of carbonyl (C=O) groups excluding carboxylic acids is 2. The first kappa shape index (κ1) is 29.5. The zero-order chi connectivity index (χ0) is 29.9. The maximum atomic E-state index is 13.2. The molecule has 0 saturated heterocycles. The Labute approximate surface area is 250 Å².